The molecule has 2 heterocycles. The van der Waals surface area contributed by atoms with Crippen LogP contribution in [0.1, 0.15) is 216 Å². The van der Waals surface area contributed by atoms with Crippen LogP contribution in [0.5, 0.6) is 0 Å². The zero-order valence-corrected chi connectivity index (χ0v) is 38.6. The molecule has 0 saturated carbocycles. The number of hydrogen-bond acceptors (Lipinski definition) is 6. The van der Waals surface area contributed by atoms with Crippen LogP contribution in [0.4, 0.5) is 0 Å². The third-order valence-corrected chi connectivity index (χ3v) is 16.7. The quantitative estimate of drug-likeness (QED) is 0.0502. The minimum Gasteiger partial charge on any atom is -0.408 e. The lowest BCUT2D eigenvalue weighted by molar-refractivity contribution is -0.176. The van der Waals surface area contributed by atoms with Crippen molar-refractivity contribution in [2.75, 3.05) is 26.2 Å². The van der Waals surface area contributed by atoms with Gasteiger partial charge in [-0.15, -0.1) is 0 Å². The van der Waals surface area contributed by atoms with E-state index in [0.29, 0.717) is 6.61 Å². The second-order valence-electron chi connectivity index (χ2n) is 19.4. The Hall–Kier alpha value is -0.0231. The summed E-state index contributed by atoms with van der Waals surface area (Å²) in [6, 6.07) is 0. The van der Waals surface area contributed by atoms with Crippen molar-refractivity contribution in [1.82, 2.24) is 4.90 Å². The van der Waals surface area contributed by atoms with Gasteiger partial charge in [-0.2, -0.15) is 0 Å². The van der Waals surface area contributed by atoms with Gasteiger partial charge in [0.2, 0.25) is 0 Å². The summed E-state index contributed by atoms with van der Waals surface area (Å²) in [6.07, 6.45) is 32.5. The van der Waals surface area contributed by atoms with Crippen molar-refractivity contribution in [1.29, 1.82) is 0 Å². The molecule has 2 rings (SSSR count). The molecule has 0 aromatic rings. The Labute approximate surface area is 332 Å². The van der Waals surface area contributed by atoms with E-state index in [4.69, 9.17) is 23.4 Å². The molecule has 0 spiro atoms. The van der Waals surface area contributed by atoms with Gasteiger partial charge < -0.3 is 28.3 Å². The fourth-order valence-corrected chi connectivity index (χ4v) is 9.25. The molecule has 0 unspecified atom stereocenters. The zero-order valence-electron chi connectivity index (χ0n) is 37.6. The maximum Gasteiger partial charge on any atom is 0.192 e. The summed E-state index contributed by atoms with van der Waals surface area (Å²) in [4.78, 5) is 2.70. The van der Waals surface area contributed by atoms with Gasteiger partial charge in [-0.1, -0.05) is 176 Å². The van der Waals surface area contributed by atoms with Crippen LogP contribution in [-0.4, -0.2) is 75.4 Å². The van der Waals surface area contributed by atoms with Crippen LogP contribution in [0.25, 0.3) is 0 Å². The Morgan fingerprint density at radius 2 is 0.981 bits per heavy atom. The van der Waals surface area contributed by atoms with E-state index in [1.165, 1.54) is 154 Å². The highest BCUT2D eigenvalue weighted by molar-refractivity contribution is 6.74. The molecular weight excluding hydrogens is 675 g/mol. The molecule has 6 nitrogen and oxygen atoms in total. The normalized spacial score (nSPS) is 22.3. The van der Waals surface area contributed by atoms with Gasteiger partial charge in [0.05, 0.1) is 6.61 Å². The molecule has 2 aliphatic rings. The molecule has 316 valence electrons. The first-order valence-electron chi connectivity index (χ1n) is 23.2. The van der Waals surface area contributed by atoms with Gasteiger partial charge in [0.15, 0.2) is 19.9 Å². The van der Waals surface area contributed by atoms with Crippen molar-refractivity contribution in [3.05, 3.63) is 0 Å². The van der Waals surface area contributed by atoms with Gasteiger partial charge in [0, 0.05) is 6.54 Å². The lowest BCUT2D eigenvalue weighted by Crippen LogP contribution is -2.55. The summed E-state index contributed by atoms with van der Waals surface area (Å²) >= 11 is 0. The number of rotatable bonds is 32. The number of unbranched alkanes of at least 4 members (excludes halogenated alkanes) is 22. The van der Waals surface area contributed by atoms with E-state index >= 15 is 0 Å². The average molecular weight is 768 g/mol. The summed E-state index contributed by atoms with van der Waals surface area (Å²) in [5.41, 5.74) is 0. The number of nitrogens with zero attached hydrogens (tertiary/aromatic N) is 1. The van der Waals surface area contributed by atoms with E-state index in [9.17, 15) is 0 Å². The van der Waals surface area contributed by atoms with Crippen LogP contribution in [0, 0.1) is 0 Å². The SMILES string of the molecule is CCCCCCCCCCCCCCN(CCCCCCCCCCCCCC)C[C@@H]1OC(C)(C)O[C@H]1[C@@H](O[Si](C)(C)C(C)(C)C)[C@H]1COC(C)(C)O1. The van der Waals surface area contributed by atoms with E-state index < -0.39 is 19.9 Å². The minimum atomic E-state index is -2.15. The highest BCUT2D eigenvalue weighted by Gasteiger charge is 2.53. The third kappa shape index (κ3) is 20.8. The van der Waals surface area contributed by atoms with Crippen LogP contribution in [0.15, 0.2) is 0 Å². The van der Waals surface area contributed by atoms with Crippen molar-refractivity contribution in [3.8, 4) is 0 Å². The van der Waals surface area contributed by atoms with E-state index in [0.717, 1.165) is 19.6 Å². The Kier molecular flexibility index (Phi) is 24.2. The largest absolute Gasteiger partial charge is 0.408 e. The smallest absolute Gasteiger partial charge is 0.192 e. The van der Waals surface area contributed by atoms with Crippen LogP contribution in [-0.2, 0) is 23.4 Å². The predicted molar refractivity (Wildman–Crippen MR) is 229 cm³/mol. The predicted octanol–water partition coefficient (Wildman–Crippen LogP) is 13.8. The van der Waals surface area contributed by atoms with Crippen molar-refractivity contribution >= 4 is 8.32 Å². The van der Waals surface area contributed by atoms with Crippen molar-refractivity contribution < 1.29 is 23.4 Å². The van der Waals surface area contributed by atoms with Gasteiger partial charge in [0.1, 0.15) is 24.4 Å². The first-order chi connectivity index (χ1) is 25.1. The van der Waals surface area contributed by atoms with Crippen LogP contribution in [0.2, 0.25) is 18.1 Å². The van der Waals surface area contributed by atoms with Gasteiger partial charge in [0.25, 0.3) is 0 Å². The Balaban J connectivity index is 1.99. The summed E-state index contributed by atoms with van der Waals surface area (Å²) in [7, 11) is -2.15. The molecular formula is C46H93NO5Si. The van der Waals surface area contributed by atoms with E-state index in [1.807, 2.05) is 13.8 Å². The fourth-order valence-electron chi connectivity index (χ4n) is 7.93. The van der Waals surface area contributed by atoms with E-state index in [-0.39, 0.29) is 29.5 Å². The van der Waals surface area contributed by atoms with Crippen molar-refractivity contribution in [2.45, 2.75) is 271 Å². The van der Waals surface area contributed by atoms with Gasteiger partial charge >= 0.3 is 0 Å². The lowest BCUT2D eigenvalue weighted by atomic mass is 10.0. The van der Waals surface area contributed by atoms with Gasteiger partial charge in [-0.3, -0.25) is 0 Å². The Morgan fingerprint density at radius 3 is 1.34 bits per heavy atom. The fraction of sp³-hybridized carbons (Fsp3) is 1.00. The average Bonchev–Trinajstić information content (AvgIpc) is 3.60. The molecule has 2 aliphatic heterocycles. The molecule has 0 bridgehead atoms. The molecule has 4 atom stereocenters. The maximum atomic E-state index is 7.23. The van der Waals surface area contributed by atoms with Gasteiger partial charge in [-0.25, -0.2) is 0 Å². The molecule has 0 amide bonds. The van der Waals surface area contributed by atoms with Crippen LogP contribution in [0.3, 0.4) is 0 Å². The Morgan fingerprint density at radius 1 is 0.585 bits per heavy atom. The number of ether oxygens (including phenoxy) is 4. The highest BCUT2D eigenvalue weighted by Crippen LogP contribution is 2.42. The molecule has 0 aromatic heterocycles. The summed E-state index contributed by atoms with van der Waals surface area (Å²) in [5, 5.41) is 0.0695. The molecule has 0 radical (unpaired) electrons. The first kappa shape index (κ1) is 49.1. The minimum absolute atomic E-state index is 0.0695. The van der Waals surface area contributed by atoms with E-state index in [2.05, 4.69) is 66.5 Å². The summed E-state index contributed by atoms with van der Waals surface area (Å²) in [5.74, 6) is -1.30. The highest BCUT2D eigenvalue weighted by atomic mass is 28.4. The van der Waals surface area contributed by atoms with Gasteiger partial charge in [-0.05, 0) is 71.8 Å². The summed E-state index contributed by atoms with van der Waals surface area (Å²) in [6.45, 7) is 28.0. The maximum absolute atomic E-state index is 7.23. The molecule has 0 aromatic carbocycles. The number of hydrogen-bond donors (Lipinski definition) is 0. The third-order valence-electron chi connectivity index (χ3n) is 12.3. The van der Waals surface area contributed by atoms with Crippen molar-refractivity contribution in [2.24, 2.45) is 0 Å². The second kappa shape index (κ2) is 26.1. The first-order valence-corrected chi connectivity index (χ1v) is 26.1. The van der Waals surface area contributed by atoms with E-state index in [1.54, 1.807) is 0 Å². The molecule has 2 saturated heterocycles. The zero-order chi connectivity index (χ0) is 39.2. The molecule has 53 heavy (non-hydrogen) atoms. The van der Waals surface area contributed by atoms with Crippen LogP contribution < -0.4 is 0 Å². The molecule has 0 aliphatic carbocycles. The molecule has 2 fully saturated rings. The summed E-state index contributed by atoms with van der Waals surface area (Å²) < 4.78 is 33.5. The van der Waals surface area contributed by atoms with Crippen molar-refractivity contribution in [3.63, 3.8) is 0 Å². The molecule has 0 N–H and O–H groups in total. The standard InChI is InChI=1S/C46H93NO5Si/c1-12-14-16-18-20-22-24-26-28-30-32-34-36-47(37-35-33-31-29-27-25-23-21-19-17-15-13-2)38-40-42(51-46(8,9)49-40)43(41-39-48-45(6,7)50-41)52-53(10,11)44(3,4)5/h40-43H,12-39H2,1-11H3/t40-,41+,42+,43-/m0/s1. The van der Waals surface area contributed by atoms with Crippen LogP contribution >= 0.6 is 0 Å². The lowest BCUT2D eigenvalue weighted by Gasteiger charge is -2.43. The molecule has 7 heteroatoms. The topological polar surface area (TPSA) is 49.4 Å². The Bertz CT molecular complexity index is 877. The second-order valence-corrected chi connectivity index (χ2v) is 24.2. The monoisotopic (exact) mass is 768 g/mol.